The minimum absolute atomic E-state index is 0.267. The van der Waals surface area contributed by atoms with Crippen LogP contribution in [0.3, 0.4) is 0 Å². The highest BCUT2D eigenvalue weighted by Crippen LogP contribution is 2.30. The molecule has 0 radical (unpaired) electrons. The lowest BCUT2D eigenvalue weighted by Gasteiger charge is -2.42. The Morgan fingerprint density at radius 3 is 2.45 bits per heavy atom. The molecule has 0 spiro atoms. The fourth-order valence-corrected chi connectivity index (χ4v) is 3.07. The number of hydrogen-bond donors (Lipinski definition) is 0. The number of alkyl halides is 4. The van der Waals surface area contributed by atoms with Crippen LogP contribution >= 0.6 is 22.6 Å². The molecule has 1 saturated heterocycles. The van der Waals surface area contributed by atoms with Gasteiger partial charge in [-0.25, -0.2) is 4.79 Å². The Morgan fingerprint density at radius 2 is 1.95 bits per heavy atom. The van der Waals surface area contributed by atoms with Crippen LogP contribution in [0.1, 0.15) is 40.0 Å². The van der Waals surface area contributed by atoms with Gasteiger partial charge in [0.25, 0.3) is 0 Å². The van der Waals surface area contributed by atoms with E-state index in [0.717, 1.165) is 0 Å². The smallest absolute Gasteiger partial charge is 0.410 e. The van der Waals surface area contributed by atoms with E-state index in [1.54, 1.807) is 20.8 Å². The third-order valence-corrected chi connectivity index (χ3v) is 4.62. The summed E-state index contributed by atoms with van der Waals surface area (Å²) >= 11 is 2.10. The minimum atomic E-state index is -4.23. The lowest BCUT2D eigenvalue weighted by molar-refractivity contribution is -0.161. The molecule has 4 nitrogen and oxygen atoms in total. The van der Waals surface area contributed by atoms with E-state index in [-0.39, 0.29) is 13.2 Å². The standard InChI is InChI=1S/C14H23F3INO3/c1-12(2,3)22-11(20)19-7-4-5-13(9-18,10-19)21-8-6-14(15,16)17/h4-10H2,1-3H3. The molecule has 0 bridgehead atoms. The topological polar surface area (TPSA) is 38.8 Å². The maximum Gasteiger partial charge on any atom is 0.410 e. The van der Waals surface area contributed by atoms with Crippen LogP contribution in [0.5, 0.6) is 0 Å². The molecule has 1 heterocycles. The molecule has 0 aromatic heterocycles. The van der Waals surface area contributed by atoms with Crippen LogP contribution in [0.2, 0.25) is 0 Å². The van der Waals surface area contributed by atoms with Crippen molar-refractivity contribution in [2.75, 3.05) is 24.1 Å². The molecule has 22 heavy (non-hydrogen) atoms. The SMILES string of the molecule is CC(C)(C)OC(=O)N1CCCC(CI)(OCCC(F)(F)F)C1. The predicted molar refractivity (Wildman–Crippen MR) is 85.3 cm³/mol. The number of nitrogens with zero attached hydrogens (tertiary/aromatic N) is 1. The average Bonchev–Trinajstić information content (AvgIpc) is 2.35. The summed E-state index contributed by atoms with van der Waals surface area (Å²) in [6.45, 7) is 5.76. The van der Waals surface area contributed by atoms with Crippen LogP contribution < -0.4 is 0 Å². The molecule has 1 fully saturated rings. The average molecular weight is 437 g/mol. The van der Waals surface area contributed by atoms with Crippen LogP contribution in [0.4, 0.5) is 18.0 Å². The fraction of sp³-hybridized carbons (Fsp3) is 0.929. The number of halogens is 4. The van der Waals surface area contributed by atoms with E-state index in [1.165, 1.54) is 4.90 Å². The summed E-state index contributed by atoms with van der Waals surface area (Å²) in [5.74, 6) is 0. The fourth-order valence-electron chi connectivity index (χ4n) is 2.23. The Kier molecular flexibility index (Phi) is 6.79. The van der Waals surface area contributed by atoms with Crippen LogP contribution in [-0.4, -0.2) is 52.5 Å². The van der Waals surface area contributed by atoms with Gasteiger partial charge in [0.1, 0.15) is 5.60 Å². The first-order valence-corrected chi connectivity index (χ1v) is 8.74. The Hall–Kier alpha value is -0.250. The summed E-state index contributed by atoms with van der Waals surface area (Å²) in [6, 6.07) is 0. The van der Waals surface area contributed by atoms with E-state index in [1.807, 2.05) is 0 Å². The molecule has 1 atom stereocenters. The minimum Gasteiger partial charge on any atom is -0.444 e. The maximum absolute atomic E-state index is 12.3. The number of carbonyl (C=O) groups is 1. The van der Waals surface area contributed by atoms with Gasteiger partial charge < -0.3 is 14.4 Å². The van der Waals surface area contributed by atoms with E-state index >= 15 is 0 Å². The van der Waals surface area contributed by atoms with Crippen molar-refractivity contribution in [3.8, 4) is 0 Å². The number of rotatable bonds is 4. The van der Waals surface area contributed by atoms with Gasteiger partial charge in [0, 0.05) is 11.0 Å². The first-order valence-electron chi connectivity index (χ1n) is 7.21. The quantitative estimate of drug-likeness (QED) is 0.490. The number of likely N-dealkylation sites (tertiary alicyclic amines) is 1. The highest BCUT2D eigenvalue weighted by atomic mass is 127. The molecule has 8 heteroatoms. The van der Waals surface area contributed by atoms with Crippen molar-refractivity contribution in [1.29, 1.82) is 0 Å². The molecule has 0 saturated carbocycles. The van der Waals surface area contributed by atoms with Crippen molar-refractivity contribution >= 4 is 28.7 Å². The molecule has 0 aromatic carbocycles. The zero-order chi connectivity index (χ0) is 17.0. The monoisotopic (exact) mass is 437 g/mol. The summed E-state index contributed by atoms with van der Waals surface area (Å²) in [4.78, 5) is 13.6. The molecule has 0 N–H and O–H groups in total. The van der Waals surface area contributed by atoms with Gasteiger partial charge in [0.2, 0.25) is 0 Å². The van der Waals surface area contributed by atoms with Gasteiger partial charge in [-0.3, -0.25) is 0 Å². The normalized spacial score (nSPS) is 23.5. The van der Waals surface area contributed by atoms with Crippen molar-refractivity contribution in [2.45, 2.75) is 57.4 Å². The van der Waals surface area contributed by atoms with E-state index in [4.69, 9.17) is 9.47 Å². The van der Waals surface area contributed by atoms with Crippen LogP contribution in [0.25, 0.3) is 0 Å². The van der Waals surface area contributed by atoms with Gasteiger partial charge in [-0.1, -0.05) is 22.6 Å². The highest BCUT2D eigenvalue weighted by Gasteiger charge is 2.39. The van der Waals surface area contributed by atoms with Gasteiger partial charge in [-0.15, -0.1) is 0 Å². The Morgan fingerprint density at radius 1 is 1.32 bits per heavy atom. The van der Waals surface area contributed by atoms with Gasteiger partial charge in [0.05, 0.1) is 25.2 Å². The zero-order valence-corrected chi connectivity index (χ0v) is 15.3. The van der Waals surface area contributed by atoms with Gasteiger partial charge >= 0.3 is 12.3 Å². The van der Waals surface area contributed by atoms with Gasteiger partial charge in [0.15, 0.2) is 0 Å². The Labute approximate surface area is 142 Å². The van der Waals surface area contributed by atoms with Gasteiger partial charge in [-0.05, 0) is 33.6 Å². The summed E-state index contributed by atoms with van der Waals surface area (Å²) in [6.07, 6.45) is -4.31. The summed E-state index contributed by atoms with van der Waals surface area (Å²) < 4.78 is 48.2. The first-order chi connectivity index (χ1) is 9.96. The predicted octanol–water partition coefficient (Wildman–Crippen LogP) is 4.16. The van der Waals surface area contributed by atoms with Crippen molar-refractivity contribution in [1.82, 2.24) is 4.90 Å². The lowest BCUT2D eigenvalue weighted by Crippen LogP contribution is -2.54. The second-order valence-electron chi connectivity index (χ2n) is 6.54. The van der Waals surface area contributed by atoms with E-state index < -0.39 is 29.9 Å². The zero-order valence-electron chi connectivity index (χ0n) is 13.1. The summed E-state index contributed by atoms with van der Waals surface area (Å²) in [7, 11) is 0. The van der Waals surface area contributed by atoms with E-state index in [0.29, 0.717) is 23.8 Å². The summed E-state index contributed by atoms with van der Waals surface area (Å²) in [5, 5.41) is 0. The van der Waals surface area contributed by atoms with Crippen molar-refractivity contribution in [3.05, 3.63) is 0 Å². The highest BCUT2D eigenvalue weighted by molar-refractivity contribution is 14.1. The number of ether oxygens (including phenoxy) is 2. The number of hydrogen-bond acceptors (Lipinski definition) is 3. The van der Waals surface area contributed by atoms with Crippen molar-refractivity contribution in [2.24, 2.45) is 0 Å². The number of amides is 1. The van der Waals surface area contributed by atoms with Crippen molar-refractivity contribution in [3.63, 3.8) is 0 Å². The largest absolute Gasteiger partial charge is 0.444 e. The Balaban J connectivity index is 2.62. The maximum atomic E-state index is 12.3. The molecule has 0 aliphatic carbocycles. The number of piperidine rings is 1. The third kappa shape index (κ3) is 6.89. The van der Waals surface area contributed by atoms with Crippen molar-refractivity contribution < 1.29 is 27.4 Å². The summed E-state index contributed by atoms with van der Waals surface area (Å²) in [5.41, 5.74) is -1.32. The van der Waals surface area contributed by atoms with Crippen LogP contribution in [0.15, 0.2) is 0 Å². The molecular weight excluding hydrogens is 414 g/mol. The Bertz CT molecular complexity index is 385. The molecule has 1 amide bonds. The molecule has 1 unspecified atom stereocenters. The molecule has 1 aliphatic rings. The molecule has 1 rings (SSSR count). The van der Waals surface area contributed by atoms with E-state index in [9.17, 15) is 18.0 Å². The third-order valence-electron chi connectivity index (χ3n) is 3.23. The lowest BCUT2D eigenvalue weighted by atomic mass is 9.95. The molecule has 0 aromatic rings. The molecule has 130 valence electrons. The van der Waals surface area contributed by atoms with Gasteiger partial charge in [-0.2, -0.15) is 13.2 Å². The molecular formula is C14H23F3INO3. The second kappa shape index (κ2) is 7.55. The second-order valence-corrected chi connectivity index (χ2v) is 7.30. The van der Waals surface area contributed by atoms with Crippen LogP contribution in [-0.2, 0) is 9.47 Å². The van der Waals surface area contributed by atoms with E-state index in [2.05, 4.69) is 22.6 Å². The van der Waals surface area contributed by atoms with Crippen LogP contribution in [0, 0.1) is 0 Å². The molecule has 1 aliphatic heterocycles. The number of carbonyl (C=O) groups excluding carboxylic acids is 1. The first kappa shape index (κ1) is 19.8.